The zero-order chi connectivity index (χ0) is 14.4. The number of ether oxygens (including phenoxy) is 1. The van der Waals surface area contributed by atoms with Gasteiger partial charge in [0.1, 0.15) is 11.5 Å². The smallest absolute Gasteiger partial charge is 0.124 e. The van der Waals surface area contributed by atoms with E-state index in [9.17, 15) is 10.2 Å². The number of methoxy groups -OCH3 is 1. The van der Waals surface area contributed by atoms with Gasteiger partial charge in [0.05, 0.1) is 13.7 Å². The predicted octanol–water partition coefficient (Wildman–Crippen LogP) is 2.16. The molecular formula is C14H23NO3S. The third-order valence-corrected chi connectivity index (χ3v) is 4.42. The van der Waals surface area contributed by atoms with Crippen LogP contribution < -0.4 is 10.1 Å². The van der Waals surface area contributed by atoms with Gasteiger partial charge in [-0.1, -0.05) is 6.07 Å². The van der Waals surface area contributed by atoms with Gasteiger partial charge in [0.2, 0.25) is 0 Å². The molecule has 108 valence electrons. The highest BCUT2D eigenvalue weighted by molar-refractivity contribution is 7.99. The summed E-state index contributed by atoms with van der Waals surface area (Å²) in [6, 6.07) is 5.44. The van der Waals surface area contributed by atoms with Gasteiger partial charge in [0.25, 0.3) is 0 Å². The number of aliphatic hydroxyl groups is 1. The number of benzene rings is 1. The lowest BCUT2D eigenvalue weighted by atomic mass is 10.1. The van der Waals surface area contributed by atoms with E-state index < -0.39 is 0 Å². The normalized spacial score (nSPS) is 15.8. The highest BCUT2D eigenvalue weighted by atomic mass is 32.2. The Morgan fingerprint density at radius 2 is 2.05 bits per heavy atom. The number of hydrogen-bond donors (Lipinski definition) is 3. The fraction of sp³-hybridized carbons (Fsp3) is 0.571. The molecule has 0 aliphatic heterocycles. The van der Waals surface area contributed by atoms with Crippen LogP contribution in [0.25, 0.3) is 0 Å². The fourth-order valence-electron chi connectivity index (χ4n) is 2.04. The molecule has 4 nitrogen and oxygen atoms in total. The van der Waals surface area contributed by atoms with Gasteiger partial charge in [0, 0.05) is 29.0 Å². The first-order valence-electron chi connectivity index (χ1n) is 6.30. The fourth-order valence-corrected chi connectivity index (χ4v) is 2.68. The third kappa shape index (κ3) is 4.30. The van der Waals surface area contributed by atoms with E-state index in [1.54, 1.807) is 24.9 Å². The van der Waals surface area contributed by atoms with Crippen LogP contribution in [0.5, 0.6) is 11.5 Å². The van der Waals surface area contributed by atoms with Gasteiger partial charge < -0.3 is 20.3 Å². The van der Waals surface area contributed by atoms with E-state index in [4.69, 9.17) is 4.74 Å². The SMILES string of the molecule is COc1ccc(C(C)NC(C)C(CO)SC)c(O)c1. The highest BCUT2D eigenvalue weighted by Crippen LogP contribution is 2.29. The van der Waals surface area contributed by atoms with Crippen LogP contribution in [0.1, 0.15) is 25.5 Å². The van der Waals surface area contributed by atoms with Gasteiger partial charge >= 0.3 is 0 Å². The predicted molar refractivity (Wildman–Crippen MR) is 80.1 cm³/mol. The van der Waals surface area contributed by atoms with Crippen LogP contribution >= 0.6 is 11.8 Å². The molecule has 1 rings (SSSR count). The Bertz CT molecular complexity index is 396. The Labute approximate surface area is 119 Å². The minimum absolute atomic E-state index is 0.00195. The summed E-state index contributed by atoms with van der Waals surface area (Å²) in [7, 11) is 1.57. The monoisotopic (exact) mass is 285 g/mol. The standard InChI is InChI=1S/C14H23NO3S/c1-9(15-10(2)14(8-16)19-4)12-6-5-11(18-3)7-13(12)17/h5-7,9-10,14-17H,8H2,1-4H3. The van der Waals surface area contributed by atoms with Crippen LogP contribution in [0.4, 0.5) is 0 Å². The summed E-state index contributed by atoms with van der Waals surface area (Å²) in [5, 5.41) is 22.8. The van der Waals surface area contributed by atoms with Gasteiger partial charge in [-0.3, -0.25) is 0 Å². The Kier molecular flexibility index (Phi) is 6.48. The molecule has 0 aromatic heterocycles. The zero-order valence-corrected chi connectivity index (χ0v) is 12.7. The molecule has 5 heteroatoms. The van der Waals surface area contributed by atoms with E-state index in [0.29, 0.717) is 5.75 Å². The summed E-state index contributed by atoms with van der Waals surface area (Å²) in [6.07, 6.45) is 1.98. The summed E-state index contributed by atoms with van der Waals surface area (Å²) in [5.41, 5.74) is 0.824. The number of nitrogens with one attached hydrogen (secondary N) is 1. The number of phenolic OH excluding ortho intramolecular Hbond substituents is 1. The van der Waals surface area contributed by atoms with Crippen molar-refractivity contribution in [3.63, 3.8) is 0 Å². The molecular weight excluding hydrogens is 262 g/mol. The van der Waals surface area contributed by atoms with E-state index in [-0.39, 0.29) is 29.7 Å². The number of rotatable bonds is 7. The lowest BCUT2D eigenvalue weighted by Gasteiger charge is -2.26. The van der Waals surface area contributed by atoms with Gasteiger partial charge in [-0.25, -0.2) is 0 Å². The van der Waals surface area contributed by atoms with Crippen LogP contribution in [-0.2, 0) is 0 Å². The Balaban J connectivity index is 2.75. The second kappa shape index (κ2) is 7.62. The number of phenols is 1. The largest absolute Gasteiger partial charge is 0.507 e. The van der Waals surface area contributed by atoms with E-state index in [1.165, 1.54) is 0 Å². The maximum Gasteiger partial charge on any atom is 0.124 e. The molecule has 0 heterocycles. The summed E-state index contributed by atoms with van der Waals surface area (Å²) in [6.45, 7) is 4.16. The molecule has 0 saturated carbocycles. The van der Waals surface area contributed by atoms with Crippen molar-refractivity contribution in [3.05, 3.63) is 23.8 Å². The maximum absolute atomic E-state index is 9.98. The van der Waals surface area contributed by atoms with Crippen molar-refractivity contribution < 1.29 is 14.9 Å². The quantitative estimate of drug-likeness (QED) is 0.716. The van der Waals surface area contributed by atoms with Crippen LogP contribution in [0.15, 0.2) is 18.2 Å². The Morgan fingerprint density at radius 3 is 2.53 bits per heavy atom. The van der Waals surface area contributed by atoms with E-state index in [0.717, 1.165) is 5.56 Å². The first-order valence-corrected chi connectivity index (χ1v) is 7.58. The van der Waals surface area contributed by atoms with Crippen molar-refractivity contribution in [1.29, 1.82) is 0 Å². The molecule has 0 fully saturated rings. The topological polar surface area (TPSA) is 61.7 Å². The van der Waals surface area contributed by atoms with Gasteiger partial charge in [-0.2, -0.15) is 11.8 Å². The molecule has 19 heavy (non-hydrogen) atoms. The summed E-state index contributed by atoms with van der Waals surface area (Å²) >= 11 is 1.63. The van der Waals surface area contributed by atoms with Crippen molar-refractivity contribution in [3.8, 4) is 11.5 Å². The lowest BCUT2D eigenvalue weighted by Crippen LogP contribution is -2.38. The molecule has 1 aromatic carbocycles. The molecule has 3 N–H and O–H groups in total. The lowest BCUT2D eigenvalue weighted by molar-refractivity contribution is 0.271. The average Bonchev–Trinajstić information content (AvgIpc) is 2.39. The molecule has 1 aromatic rings. The molecule has 0 spiro atoms. The van der Waals surface area contributed by atoms with Crippen molar-refractivity contribution in [2.24, 2.45) is 0 Å². The molecule has 0 aliphatic carbocycles. The van der Waals surface area contributed by atoms with Crippen molar-refractivity contribution in [1.82, 2.24) is 5.32 Å². The number of hydrogen-bond acceptors (Lipinski definition) is 5. The molecule has 3 unspecified atom stereocenters. The van der Waals surface area contributed by atoms with Crippen molar-refractivity contribution >= 4 is 11.8 Å². The van der Waals surface area contributed by atoms with Gasteiger partial charge in [-0.05, 0) is 26.2 Å². The molecule has 0 saturated heterocycles. The van der Waals surface area contributed by atoms with Crippen LogP contribution in [0.3, 0.4) is 0 Å². The number of aliphatic hydroxyl groups excluding tert-OH is 1. The van der Waals surface area contributed by atoms with E-state index in [1.807, 2.05) is 32.2 Å². The van der Waals surface area contributed by atoms with E-state index in [2.05, 4.69) is 5.32 Å². The molecule has 0 amide bonds. The Morgan fingerprint density at radius 1 is 1.37 bits per heavy atom. The highest BCUT2D eigenvalue weighted by Gasteiger charge is 2.19. The molecule has 0 aliphatic rings. The number of thioether (sulfide) groups is 1. The second-order valence-corrected chi connectivity index (χ2v) is 5.64. The van der Waals surface area contributed by atoms with Crippen LogP contribution in [0.2, 0.25) is 0 Å². The van der Waals surface area contributed by atoms with Gasteiger partial charge in [-0.15, -0.1) is 0 Å². The van der Waals surface area contributed by atoms with Crippen LogP contribution in [0, 0.1) is 0 Å². The van der Waals surface area contributed by atoms with Crippen molar-refractivity contribution in [2.75, 3.05) is 20.0 Å². The maximum atomic E-state index is 9.98. The first kappa shape index (κ1) is 16.1. The van der Waals surface area contributed by atoms with Gasteiger partial charge in [0.15, 0.2) is 0 Å². The first-order chi connectivity index (χ1) is 9.03. The summed E-state index contributed by atoms with van der Waals surface area (Å²) in [4.78, 5) is 0. The molecule has 3 atom stereocenters. The zero-order valence-electron chi connectivity index (χ0n) is 11.9. The third-order valence-electron chi connectivity index (χ3n) is 3.26. The Hall–Kier alpha value is -0.910. The van der Waals surface area contributed by atoms with E-state index >= 15 is 0 Å². The van der Waals surface area contributed by atoms with Crippen LogP contribution in [-0.4, -0.2) is 41.5 Å². The van der Waals surface area contributed by atoms with Crippen molar-refractivity contribution in [2.45, 2.75) is 31.2 Å². The minimum Gasteiger partial charge on any atom is -0.507 e. The molecule has 0 radical (unpaired) electrons. The summed E-state index contributed by atoms with van der Waals surface area (Å²) in [5.74, 6) is 0.857. The number of aromatic hydroxyl groups is 1. The second-order valence-electron chi connectivity index (χ2n) is 4.56. The average molecular weight is 285 g/mol. The summed E-state index contributed by atoms with van der Waals surface area (Å²) < 4.78 is 5.07. The molecule has 0 bridgehead atoms. The minimum atomic E-state index is 0.00195.